The van der Waals surface area contributed by atoms with Gasteiger partial charge in [0.15, 0.2) is 0 Å². The van der Waals surface area contributed by atoms with Gasteiger partial charge in [-0.05, 0) is 35.9 Å². The van der Waals surface area contributed by atoms with E-state index in [1.54, 1.807) is 34.1 Å². The topological polar surface area (TPSA) is 60.9 Å². The van der Waals surface area contributed by atoms with Crippen LogP contribution in [0, 0.1) is 0 Å². The molecule has 1 fully saturated rings. The van der Waals surface area contributed by atoms with E-state index in [2.05, 4.69) is 0 Å². The first-order valence-corrected chi connectivity index (χ1v) is 8.51. The van der Waals surface area contributed by atoms with Crippen molar-refractivity contribution in [3.63, 3.8) is 0 Å². The third-order valence-corrected chi connectivity index (χ3v) is 4.49. The molecule has 2 amide bonds. The molecule has 130 valence electrons. The summed E-state index contributed by atoms with van der Waals surface area (Å²) >= 11 is 5.95. The monoisotopic (exact) mass is 358 g/mol. The Hall–Kier alpha value is -2.53. The van der Waals surface area contributed by atoms with Gasteiger partial charge in [-0.2, -0.15) is 0 Å². The highest BCUT2D eigenvalue weighted by molar-refractivity contribution is 6.30. The number of hydrogen-bond donors (Lipinski definition) is 1. The molecule has 0 aromatic heterocycles. The number of carbonyl (C=O) groups excluding carboxylic acids is 2. The van der Waals surface area contributed by atoms with Crippen molar-refractivity contribution in [1.29, 1.82) is 0 Å². The van der Waals surface area contributed by atoms with E-state index in [1.165, 1.54) is 12.1 Å². The molecule has 5 nitrogen and oxygen atoms in total. The van der Waals surface area contributed by atoms with Crippen molar-refractivity contribution >= 4 is 23.4 Å². The first-order chi connectivity index (χ1) is 12.0. The van der Waals surface area contributed by atoms with Crippen molar-refractivity contribution < 1.29 is 14.7 Å². The zero-order valence-corrected chi connectivity index (χ0v) is 14.4. The maximum absolute atomic E-state index is 12.5. The van der Waals surface area contributed by atoms with Gasteiger partial charge in [0.1, 0.15) is 5.75 Å². The third kappa shape index (κ3) is 4.31. The largest absolute Gasteiger partial charge is 0.508 e. The molecule has 0 bridgehead atoms. The van der Waals surface area contributed by atoms with Crippen LogP contribution in [-0.2, 0) is 11.2 Å². The lowest BCUT2D eigenvalue weighted by atomic mass is 10.1. The van der Waals surface area contributed by atoms with Gasteiger partial charge in [0, 0.05) is 36.8 Å². The first kappa shape index (κ1) is 17.3. The van der Waals surface area contributed by atoms with Crippen molar-refractivity contribution in [1.82, 2.24) is 9.80 Å². The summed E-state index contributed by atoms with van der Waals surface area (Å²) in [6.07, 6.45) is 0.307. The van der Waals surface area contributed by atoms with Gasteiger partial charge in [0.25, 0.3) is 5.91 Å². The molecule has 0 atom stereocenters. The number of phenolic OH excluding ortho intramolecular Hbond substituents is 1. The van der Waals surface area contributed by atoms with Gasteiger partial charge in [-0.1, -0.05) is 29.8 Å². The fourth-order valence-corrected chi connectivity index (χ4v) is 3.13. The summed E-state index contributed by atoms with van der Waals surface area (Å²) in [5.41, 5.74) is 1.34. The third-order valence-electron chi connectivity index (χ3n) is 4.26. The lowest BCUT2D eigenvalue weighted by molar-refractivity contribution is -0.131. The van der Waals surface area contributed by atoms with Crippen LogP contribution in [0.25, 0.3) is 0 Å². The standard InChI is InChI=1S/C19H19ClN2O3/c20-16-5-1-3-14(11-16)12-18(24)21-7-9-22(10-8-21)19(25)15-4-2-6-17(23)13-15/h1-6,11,13,23H,7-10,12H2. The summed E-state index contributed by atoms with van der Waals surface area (Å²) < 4.78 is 0. The molecule has 2 aromatic rings. The number of amides is 2. The van der Waals surface area contributed by atoms with E-state index in [4.69, 9.17) is 11.6 Å². The van der Waals surface area contributed by atoms with Gasteiger partial charge in [-0.25, -0.2) is 0 Å². The number of rotatable bonds is 3. The van der Waals surface area contributed by atoms with Gasteiger partial charge >= 0.3 is 0 Å². The Morgan fingerprint density at radius 1 is 0.960 bits per heavy atom. The molecule has 0 radical (unpaired) electrons. The summed E-state index contributed by atoms with van der Waals surface area (Å²) in [4.78, 5) is 28.3. The fourth-order valence-electron chi connectivity index (χ4n) is 2.91. The number of halogens is 1. The van der Waals surface area contributed by atoms with Crippen molar-refractivity contribution in [2.75, 3.05) is 26.2 Å². The molecule has 0 aliphatic carbocycles. The van der Waals surface area contributed by atoms with Crippen LogP contribution < -0.4 is 0 Å². The van der Waals surface area contributed by atoms with Crippen molar-refractivity contribution in [2.45, 2.75) is 6.42 Å². The summed E-state index contributed by atoms with van der Waals surface area (Å²) in [6, 6.07) is 13.6. The van der Waals surface area contributed by atoms with Crippen LogP contribution in [0.3, 0.4) is 0 Å². The van der Waals surface area contributed by atoms with Gasteiger partial charge in [0.2, 0.25) is 5.91 Å². The lowest BCUT2D eigenvalue weighted by Gasteiger charge is -2.35. The molecule has 0 unspecified atom stereocenters. The first-order valence-electron chi connectivity index (χ1n) is 8.13. The quantitative estimate of drug-likeness (QED) is 0.917. The van der Waals surface area contributed by atoms with Crippen LogP contribution in [0.15, 0.2) is 48.5 Å². The maximum atomic E-state index is 12.5. The van der Waals surface area contributed by atoms with Crippen LogP contribution in [-0.4, -0.2) is 52.9 Å². The van der Waals surface area contributed by atoms with E-state index in [9.17, 15) is 14.7 Å². The zero-order chi connectivity index (χ0) is 17.8. The van der Waals surface area contributed by atoms with E-state index < -0.39 is 0 Å². The van der Waals surface area contributed by atoms with E-state index in [1.807, 2.05) is 12.1 Å². The van der Waals surface area contributed by atoms with Gasteiger partial charge in [0.05, 0.1) is 6.42 Å². The number of benzene rings is 2. The van der Waals surface area contributed by atoms with Crippen molar-refractivity contribution in [2.24, 2.45) is 0 Å². The molecule has 1 N–H and O–H groups in total. The lowest BCUT2D eigenvalue weighted by Crippen LogP contribution is -2.51. The molecular weight excluding hydrogens is 340 g/mol. The Kier molecular flexibility index (Phi) is 5.24. The number of aromatic hydroxyl groups is 1. The fraction of sp³-hybridized carbons (Fsp3) is 0.263. The van der Waals surface area contributed by atoms with E-state index in [0.717, 1.165) is 5.56 Å². The number of carbonyl (C=O) groups is 2. The number of hydrogen-bond acceptors (Lipinski definition) is 3. The Labute approximate surface area is 151 Å². The predicted octanol–water partition coefficient (Wildman–Crippen LogP) is 2.57. The van der Waals surface area contributed by atoms with Gasteiger partial charge in [-0.15, -0.1) is 0 Å². The molecular formula is C19H19ClN2O3. The average molecular weight is 359 g/mol. The molecule has 1 aliphatic rings. The number of nitrogens with zero attached hydrogens (tertiary/aromatic N) is 2. The summed E-state index contributed by atoms with van der Waals surface area (Å²) in [7, 11) is 0. The molecule has 0 spiro atoms. The highest BCUT2D eigenvalue weighted by Gasteiger charge is 2.25. The number of piperazine rings is 1. The SMILES string of the molecule is O=C(Cc1cccc(Cl)c1)N1CCN(C(=O)c2cccc(O)c2)CC1. The van der Waals surface area contributed by atoms with E-state index in [-0.39, 0.29) is 17.6 Å². The van der Waals surface area contributed by atoms with Crippen molar-refractivity contribution in [3.05, 3.63) is 64.7 Å². The Morgan fingerprint density at radius 3 is 2.32 bits per heavy atom. The highest BCUT2D eigenvalue weighted by atomic mass is 35.5. The van der Waals surface area contributed by atoms with Crippen LogP contribution in [0.4, 0.5) is 0 Å². The average Bonchev–Trinajstić information content (AvgIpc) is 2.61. The minimum Gasteiger partial charge on any atom is -0.508 e. The van der Waals surface area contributed by atoms with E-state index >= 15 is 0 Å². The smallest absolute Gasteiger partial charge is 0.254 e. The normalized spacial score (nSPS) is 14.4. The van der Waals surface area contributed by atoms with Gasteiger partial charge < -0.3 is 14.9 Å². The maximum Gasteiger partial charge on any atom is 0.254 e. The predicted molar refractivity (Wildman–Crippen MR) is 95.7 cm³/mol. The Balaban J connectivity index is 1.56. The van der Waals surface area contributed by atoms with Crippen LogP contribution in [0.2, 0.25) is 5.02 Å². The summed E-state index contributed by atoms with van der Waals surface area (Å²) in [5, 5.41) is 10.1. The van der Waals surface area contributed by atoms with Crippen LogP contribution >= 0.6 is 11.6 Å². The number of phenols is 1. The molecule has 0 saturated carbocycles. The zero-order valence-electron chi connectivity index (χ0n) is 13.7. The van der Waals surface area contributed by atoms with E-state index in [0.29, 0.717) is 43.2 Å². The highest BCUT2D eigenvalue weighted by Crippen LogP contribution is 2.16. The molecule has 1 saturated heterocycles. The minimum atomic E-state index is -0.127. The molecule has 25 heavy (non-hydrogen) atoms. The molecule has 3 rings (SSSR count). The molecule has 2 aromatic carbocycles. The van der Waals surface area contributed by atoms with Crippen LogP contribution in [0.1, 0.15) is 15.9 Å². The second-order valence-electron chi connectivity index (χ2n) is 6.03. The molecule has 1 aliphatic heterocycles. The Morgan fingerprint density at radius 2 is 1.64 bits per heavy atom. The van der Waals surface area contributed by atoms with Gasteiger partial charge in [-0.3, -0.25) is 9.59 Å². The molecule has 6 heteroatoms. The second-order valence-corrected chi connectivity index (χ2v) is 6.47. The second kappa shape index (κ2) is 7.57. The van der Waals surface area contributed by atoms with Crippen molar-refractivity contribution in [3.8, 4) is 5.75 Å². The summed E-state index contributed by atoms with van der Waals surface area (Å²) in [6.45, 7) is 1.97. The summed E-state index contributed by atoms with van der Waals surface area (Å²) in [5.74, 6) is -0.0225. The molecule has 1 heterocycles. The minimum absolute atomic E-state index is 0.0340. The Bertz CT molecular complexity index is 786. The van der Waals surface area contributed by atoms with Crippen LogP contribution in [0.5, 0.6) is 5.75 Å².